The molecule has 10 heteroatoms. The number of hydrogen-bond donors (Lipinski definition) is 2. The Balaban J connectivity index is 1.81. The van der Waals surface area contributed by atoms with Crippen LogP contribution in [0.15, 0.2) is 82.3 Å². The van der Waals surface area contributed by atoms with E-state index < -0.39 is 40.2 Å². The topological polar surface area (TPSA) is 109 Å². The molecule has 3 aromatic rings. The van der Waals surface area contributed by atoms with Gasteiger partial charge in [-0.05, 0) is 55.0 Å². The summed E-state index contributed by atoms with van der Waals surface area (Å²) in [6.07, 6.45) is 2.46. The van der Waals surface area contributed by atoms with Gasteiger partial charge in [0.15, 0.2) is 0 Å². The smallest absolute Gasteiger partial charge is 0.243 e. The van der Waals surface area contributed by atoms with Gasteiger partial charge in [0.2, 0.25) is 21.8 Å². The standard InChI is InChI=1S/C24H26FN3O5S/c1-2-7-22(24(30)26-16-20-10-6-15-33-20)28(19-8-4-3-5-9-19)23(29)17-27-34(31,32)21-13-11-18(25)12-14-21/h3-6,8-15,22,27H,2,7,16-17H2,1H3,(H,26,30)/t22-/m0/s1. The molecule has 0 aliphatic heterocycles. The Labute approximate surface area is 197 Å². The Bertz CT molecular complexity index is 1180. The summed E-state index contributed by atoms with van der Waals surface area (Å²) >= 11 is 0. The van der Waals surface area contributed by atoms with Crippen LogP contribution in [0.1, 0.15) is 25.5 Å². The molecule has 3 rings (SSSR count). The maximum absolute atomic E-state index is 13.3. The molecule has 1 heterocycles. The summed E-state index contributed by atoms with van der Waals surface area (Å²) < 4.78 is 45.8. The van der Waals surface area contributed by atoms with Gasteiger partial charge in [0.05, 0.1) is 24.2 Å². The molecule has 1 atom stereocenters. The molecule has 0 saturated heterocycles. The number of halogens is 1. The number of para-hydroxylation sites is 1. The molecular formula is C24H26FN3O5S. The normalized spacial score (nSPS) is 12.2. The summed E-state index contributed by atoms with van der Waals surface area (Å²) in [6.45, 7) is 1.46. The molecule has 1 aromatic heterocycles. The molecule has 0 spiro atoms. The molecule has 0 unspecified atom stereocenters. The number of carbonyl (C=O) groups is 2. The van der Waals surface area contributed by atoms with Crippen LogP contribution in [0.3, 0.4) is 0 Å². The quantitative estimate of drug-likeness (QED) is 0.432. The van der Waals surface area contributed by atoms with Gasteiger partial charge in [0.25, 0.3) is 0 Å². The predicted octanol–water partition coefficient (Wildman–Crippen LogP) is 3.22. The first kappa shape index (κ1) is 25.1. The zero-order valence-corrected chi connectivity index (χ0v) is 19.4. The number of sulfonamides is 1. The second-order valence-electron chi connectivity index (χ2n) is 7.48. The lowest BCUT2D eigenvalue weighted by molar-refractivity contribution is -0.126. The molecule has 0 aliphatic rings. The second-order valence-corrected chi connectivity index (χ2v) is 9.25. The lowest BCUT2D eigenvalue weighted by atomic mass is 10.1. The zero-order valence-electron chi connectivity index (χ0n) is 18.6. The van der Waals surface area contributed by atoms with Gasteiger partial charge in [-0.15, -0.1) is 0 Å². The fraction of sp³-hybridized carbons (Fsp3) is 0.250. The molecule has 180 valence electrons. The van der Waals surface area contributed by atoms with E-state index in [1.54, 1.807) is 42.5 Å². The summed E-state index contributed by atoms with van der Waals surface area (Å²) in [6, 6.07) is 15.4. The molecule has 0 radical (unpaired) electrons. The van der Waals surface area contributed by atoms with E-state index in [0.717, 1.165) is 24.3 Å². The highest BCUT2D eigenvalue weighted by Gasteiger charge is 2.31. The van der Waals surface area contributed by atoms with Gasteiger partial charge >= 0.3 is 0 Å². The van der Waals surface area contributed by atoms with E-state index in [9.17, 15) is 22.4 Å². The highest BCUT2D eigenvalue weighted by Crippen LogP contribution is 2.20. The van der Waals surface area contributed by atoms with Crippen molar-refractivity contribution in [1.29, 1.82) is 0 Å². The molecule has 0 fully saturated rings. The number of amides is 2. The van der Waals surface area contributed by atoms with Gasteiger partial charge < -0.3 is 9.73 Å². The van der Waals surface area contributed by atoms with Crippen molar-refractivity contribution in [3.63, 3.8) is 0 Å². The van der Waals surface area contributed by atoms with Crippen LogP contribution < -0.4 is 14.9 Å². The summed E-state index contributed by atoms with van der Waals surface area (Å²) in [5.74, 6) is -1.01. The number of furan rings is 1. The largest absolute Gasteiger partial charge is 0.467 e. The Morgan fingerprint density at radius 1 is 1.03 bits per heavy atom. The van der Waals surface area contributed by atoms with Crippen LogP contribution in [0, 0.1) is 5.82 Å². The van der Waals surface area contributed by atoms with Crippen molar-refractivity contribution < 1.29 is 26.8 Å². The number of nitrogens with zero attached hydrogens (tertiary/aromatic N) is 1. The maximum Gasteiger partial charge on any atom is 0.243 e. The van der Waals surface area contributed by atoms with Gasteiger partial charge in [0, 0.05) is 5.69 Å². The van der Waals surface area contributed by atoms with E-state index in [-0.39, 0.29) is 11.4 Å². The minimum absolute atomic E-state index is 0.153. The van der Waals surface area contributed by atoms with Gasteiger partial charge in [-0.25, -0.2) is 17.5 Å². The highest BCUT2D eigenvalue weighted by atomic mass is 32.2. The molecule has 8 nitrogen and oxygen atoms in total. The molecule has 2 aromatic carbocycles. The van der Waals surface area contributed by atoms with Crippen LogP contribution in [0.5, 0.6) is 0 Å². The van der Waals surface area contributed by atoms with E-state index in [2.05, 4.69) is 10.0 Å². The average molecular weight is 488 g/mol. The molecule has 0 saturated carbocycles. The third-order valence-corrected chi connectivity index (χ3v) is 6.45. The van der Waals surface area contributed by atoms with Crippen molar-refractivity contribution in [2.24, 2.45) is 0 Å². The second kappa shape index (κ2) is 11.6. The van der Waals surface area contributed by atoms with Crippen molar-refractivity contribution in [3.05, 3.63) is 84.6 Å². The van der Waals surface area contributed by atoms with Crippen LogP contribution in [0.4, 0.5) is 10.1 Å². The lowest BCUT2D eigenvalue weighted by Gasteiger charge is -2.31. The number of carbonyl (C=O) groups excluding carboxylic acids is 2. The predicted molar refractivity (Wildman–Crippen MR) is 125 cm³/mol. The average Bonchev–Trinajstić information content (AvgIpc) is 3.36. The Kier molecular flexibility index (Phi) is 8.55. The number of nitrogens with one attached hydrogen (secondary N) is 2. The van der Waals surface area contributed by atoms with Crippen LogP contribution in [0.2, 0.25) is 0 Å². The van der Waals surface area contributed by atoms with Crippen LogP contribution in [0.25, 0.3) is 0 Å². The minimum Gasteiger partial charge on any atom is -0.467 e. The van der Waals surface area contributed by atoms with Gasteiger partial charge in [-0.1, -0.05) is 31.5 Å². The third-order valence-electron chi connectivity index (χ3n) is 5.03. The van der Waals surface area contributed by atoms with Crippen molar-refractivity contribution >= 4 is 27.5 Å². The molecule has 0 bridgehead atoms. The Morgan fingerprint density at radius 3 is 2.35 bits per heavy atom. The van der Waals surface area contributed by atoms with Gasteiger partial charge in [-0.2, -0.15) is 0 Å². The van der Waals surface area contributed by atoms with E-state index in [4.69, 9.17) is 4.42 Å². The Morgan fingerprint density at radius 2 is 1.74 bits per heavy atom. The van der Waals surface area contributed by atoms with Gasteiger partial charge in [0.1, 0.15) is 17.6 Å². The van der Waals surface area contributed by atoms with Crippen LogP contribution in [-0.4, -0.2) is 32.8 Å². The molecule has 2 amide bonds. The molecular weight excluding hydrogens is 461 g/mol. The van der Waals surface area contributed by atoms with Crippen molar-refractivity contribution in [3.8, 4) is 0 Å². The van der Waals surface area contributed by atoms with Crippen LogP contribution in [-0.2, 0) is 26.2 Å². The first-order chi connectivity index (χ1) is 16.3. The molecule has 34 heavy (non-hydrogen) atoms. The van der Waals surface area contributed by atoms with Crippen molar-refractivity contribution in [2.45, 2.75) is 37.2 Å². The summed E-state index contributed by atoms with van der Waals surface area (Å²) in [4.78, 5) is 27.5. The zero-order chi connectivity index (χ0) is 24.6. The maximum atomic E-state index is 13.3. The lowest BCUT2D eigenvalue weighted by Crippen LogP contribution is -2.52. The highest BCUT2D eigenvalue weighted by molar-refractivity contribution is 7.89. The number of rotatable bonds is 11. The Hall–Kier alpha value is -3.50. The number of benzene rings is 2. The first-order valence-electron chi connectivity index (χ1n) is 10.7. The third kappa shape index (κ3) is 6.52. The first-order valence-corrected chi connectivity index (χ1v) is 12.2. The molecule has 2 N–H and O–H groups in total. The van der Waals surface area contributed by atoms with E-state index in [1.807, 2.05) is 6.92 Å². The summed E-state index contributed by atoms with van der Waals surface area (Å²) in [5.41, 5.74) is 0.458. The monoisotopic (exact) mass is 487 g/mol. The number of anilines is 1. The van der Waals surface area contributed by atoms with Crippen molar-refractivity contribution in [1.82, 2.24) is 10.0 Å². The summed E-state index contributed by atoms with van der Waals surface area (Å²) in [5, 5.41) is 2.78. The fourth-order valence-corrected chi connectivity index (χ4v) is 4.36. The molecule has 0 aliphatic carbocycles. The summed E-state index contributed by atoms with van der Waals surface area (Å²) in [7, 11) is -4.06. The van der Waals surface area contributed by atoms with Crippen molar-refractivity contribution in [2.75, 3.05) is 11.4 Å². The SMILES string of the molecule is CCC[C@@H](C(=O)NCc1ccco1)N(C(=O)CNS(=O)(=O)c1ccc(F)cc1)c1ccccc1. The minimum atomic E-state index is -4.06. The van der Waals surface area contributed by atoms with Gasteiger partial charge in [-0.3, -0.25) is 14.5 Å². The van der Waals surface area contributed by atoms with Crippen LogP contribution >= 0.6 is 0 Å². The van der Waals surface area contributed by atoms with E-state index in [0.29, 0.717) is 24.3 Å². The van der Waals surface area contributed by atoms with E-state index >= 15 is 0 Å². The fourth-order valence-electron chi connectivity index (χ4n) is 3.38. The van der Waals surface area contributed by atoms with E-state index in [1.165, 1.54) is 11.2 Å². The number of hydrogen-bond acceptors (Lipinski definition) is 5.